The summed E-state index contributed by atoms with van der Waals surface area (Å²) in [5.74, 6) is 1.70. The minimum Gasteiger partial charge on any atom is -0.494 e. The van der Waals surface area contributed by atoms with Gasteiger partial charge in [-0.2, -0.15) is 0 Å². The number of para-hydroxylation sites is 1. The Morgan fingerprint density at radius 2 is 1.31 bits per heavy atom. The molecule has 0 aromatic heterocycles. The Balaban J connectivity index is 1.36. The topological polar surface area (TPSA) is 71.9 Å². The van der Waals surface area contributed by atoms with Crippen LogP contribution < -0.4 is 14.4 Å². The van der Waals surface area contributed by atoms with Gasteiger partial charge in [0, 0.05) is 22.9 Å². The van der Waals surface area contributed by atoms with Crippen molar-refractivity contribution in [2.24, 2.45) is 0 Å². The second-order valence-electron chi connectivity index (χ2n) is 8.67. The van der Waals surface area contributed by atoms with Gasteiger partial charge in [0.15, 0.2) is 0 Å². The lowest BCUT2D eigenvalue weighted by Gasteiger charge is -2.27. The fourth-order valence-corrected chi connectivity index (χ4v) is 3.76. The molecule has 190 valence electrons. The van der Waals surface area contributed by atoms with Gasteiger partial charge in [-0.05, 0) is 101 Å². The van der Waals surface area contributed by atoms with Gasteiger partial charge in [0.2, 0.25) is 5.90 Å². The molecule has 1 amide bonds. The van der Waals surface area contributed by atoms with E-state index >= 15 is 0 Å². The number of carbonyl (C=O) groups is 1. The predicted molar refractivity (Wildman–Crippen MR) is 145 cm³/mol. The van der Waals surface area contributed by atoms with E-state index in [2.05, 4.69) is 0 Å². The van der Waals surface area contributed by atoms with Crippen LogP contribution in [0, 0.1) is 5.41 Å². The molecule has 1 N–H and O–H groups in total. The van der Waals surface area contributed by atoms with E-state index in [4.69, 9.17) is 19.6 Å². The van der Waals surface area contributed by atoms with Crippen molar-refractivity contribution < 1.29 is 19.0 Å². The second-order valence-corrected chi connectivity index (χ2v) is 8.67. The normalized spacial score (nSPS) is 10.7. The lowest BCUT2D eigenvalue weighted by Crippen LogP contribution is -2.36. The third-order valence-corrected chi connectivity index (χ3v) is 5.60. The Morgan fingerprint density at radius 1 is 0.778 bits per heavy atom. The summed E-state index contributed by atoms with van der Waals surface area (Å²) in [5, 5.41) is 7.80. The number of unbranched alkanes of at least 4 members (excludes halogenated alkanes) is 2. The van der Waals surface area contributed by atoms with Crippen LogP contribution in [0.3, 0.4) is 0 Å². The molecule has 6 nitrogen and oxygen atoms in total. The second kappa shape index (κ2) is 13.9. The van der Waals surface area contributed by atoms with Gasteiger partial charge in [-0.3, -0.25) is 10.2 Å². The first-order valence-corrected chi connectivity index (χ1v) is 12.6. The Hall–Kier alpha value is -3.80. The number of rotatable bonds is 13. The third-order valence-electron chi connectivity index (χ3n) is 5.60. The highest BCUT2D eigenvalue weighted by atomic mass is 16.5. The standard InChI is InChI=1S/C30H36N2O4/c1-4-34-29(31)24-13-17-27(18-14-24)35-21-9-6-10-22-36-28-19-15-25(16-20-28)30(33)32(23(2)3)26-11-7-5-8-12-26/h5,7-8,11-20,23,31H,4,6,9-10,21-22H2,1-3H3. The zero-order valence-corrected chi connectivity index (χ0v) is 21.4. The summed E-state index contributed by atoms with van der Waals surface area (Å²) in [6, 6.07) is 24.5. The average Bonchev–Trinajstić information content (AvgIpc) is 2.89. The van der Waals surface area contributed by atoms with Gasteiger partial charge in [-0.1, -0.05) is 18.2 Å². The average molecular weight is 489 g/mol. The van der Waals surface area contributed by atoms with E-state index in [-0.39, 0.29) is 17.8 Å². The summed E-state index contributed by atoms with van der Waals surface area (Å²) in [6.07, 6.45) is 2.84. The lowest BCUT2D eigenvalue weighted by molar-refractivity contribution is 0.0980. The van der Waals surface area contributed by atoms with Gasteiger partial charge < -0.3 is 19.1 Å². The maximum absolute atomic E-state index is 13.1. The number of nitrogens with zero attached hydrogens (tertiary/aromatic N) is 1. The van der Waals surface area contributed by atoms with E-state index in [0.29, 0.717) is 25.4 Å². The first-order chi connectivity index (χ1) is 17.5. The molecule has 3 aromatic carbocycles. The number of hydrogen-bond acceptors (Lipinski definition) is 5. The van der Waals surface area contributed by atoms with E-state index in [9.17, 15) is 4.79 Å². The van der Waals surface area contributed by atoms with Gasteiger partial charge in [0.05, 0.1) is 19.8 Å². The Morgan fingerprint density at radius 3 is 1.81 bits per heavy atom. The Kier molecular flexibility index (Phi) is 10.4. The van der Waals surface area contributed by atoms with Gasteiger partial charge in [-0.25, -0.2) is 0 Å². The summed E-state index contributed by atoms with van der Waals surface area (Å²) in [6.45, 7) is 7.62. The summed E-state index contributed by atoms with van der Waals surface area (Å²) in [7, 11) is 0. The monoisotopic (exact) mass is 488 g/mol. The molecule has 0 bridgehead atoms. The van der Waals surface area contributed by atoms with Crippen LogP contribution in [0.25, 0.3) is 0 Å². The van der Waals surface area contributed by atoms with Crippen molar-refractivity contribution in [1.29, 1.82) is 5.41 Å². The fourth-order valence-electron chi connectivity index (χ4n) is 3.76. The highest BCUT2D eigenvalue weighted by Gasteiger charge is 2.20. The number of anilines is 1. The molecule has 0 aliphatic carbocycles. The summed E-state index contributed by atoms with van der Waals surface area (Å²) in [4.78, 5) is 14.9. The highest BCUT2D eigenvalue weighted by molar-refractivity contribution is 6.06. The maximum atomic E-state index is 13.1. The van der Waals surface area contributed by atoms with E-state index in [1.165, 1.54) is 0 Å². The zero-order chi connectivity index (χ0) is 25.8. The molecular formula is C30H36N2O4. The summed E-state index contributed by atoms with van der Waals surface area (Å²) in [5.41, 5.74) is 2.27. The van der Waals surface area contributed by atoms with E-state index in [1.54, 1.807) is 4.90 Å². The highest BCUT2D eigenvalue weighted by Crippen LogP contribution is 2.21. The molecule has 0 atom stereocenters. The van der Waals surface area contributed by atoms with Crippen LogP contribution in [-0.2, 0) is 4.74 Å². The summed E-state index contributed by atoms with van der Waals surface area (Å²) < 4.78 is 16.8. The van der Waals surface area contributed by atoms with E-state index in [1.807, 2.05) is 99.6 Å². The van der Waals surface area contributed by atoms with Crippen molar-refractivity contribution in [3.8, 4) is 11.5 Å². The Labute approximate surface area is 214 Å². The number of ether oxygens (including phenoxy) is 3. The lowest BCUT2D eigenvalue weighted by atomic mass is 10.1. The van der Waals surface area contributed by atoms with Crippen molar-refractivity contribution in [3.05, 3.63) is 90.0 Å². The van der Waals surface area contributed by atoms with Crippen LogP contribution in [0.2, 0.25) is 0 Å². The van der Waals surface area contributed by atoms with Gasteiger partial charge in [0.25, 0.3) is 5.91 Å². The van der Waals surface area contributed by atoms with Crippen LogP contribution >= 0.6 is 0 Å². The molecule has 0 spiro atoms. The number of nitrogens with one attached hydrogen (secondary N) is 1. The first kappa shape index (κ1) is 26.8. The number of hydrogen-bond donors (Lipinski definition) is 1. The van der Waals surface area contributed by atoms with Crippen molar-refractivity contribution in [1.82, 2.24) is 0 Å². The number of amides is 1. The smallest absolute Gasteiger partial charge is 0.258 e. The van der Waals surface area contributed by atoms with Gasteiger partial charge in [-0.15, -0.1) is 0 Å². The molecule has 0 radical (unpaired) electrons. The van der Waals surface area contributed by atoms with E-state index < -0.39 is 0 Å². The minimum absolute atomic E-state index is 0.0232. The molecule has 0 saturated heterocycles. The molecule has 36 heavy (non-hydrogen) atoms. The van der Waals surface area contributed by atoms with Crippen LogP contribution in [0.1, 0.15) is 56.0 Å². The Bertz CT molecular complexity index is 1080. The minimum atomic E-state index is -0.0232. The van der Waals surface area contributed by atoms with E-state index in [0.717, 1.165) is 42.0 Å². The number of carbonyl (C=O) groups excluding carboxylic acids is 1. The predicted octanol–water partition coefficient (Wildman–Crippen LogP) is 6.73. The van der Waals surface area contributed by atoms with Crippen molar-refractivity contribution in [3.63, 3.8) is 0 Å². The summed E-state index contributed by atoms with van der Waals surface area (Å²) >= 11 is 0. The molecule has 3 rings (SSSR count). The van der Waals surface area contributed by atoms with Crippen LogP contribution in [0.4, 0.5) is 5.69 Å². The third kappa shape index (κ3) is 7.87. The molecule has 0 aliphatic heterocycles. The quantitative estimate of drug-likeness (QED) is 0.164. The SMILES string of the molecule is CCOC(=N)c1ccc(OCCCCCOc2ccc(C(=O)N(c3ccccc3)C(C)C)cc2)cc1. The fraction of sp³-hybridized carbons (Fsp3) is 0.333. The molecule has 0 fully saturated rings. The molecule has 0 saturated carbocycles. The largest absolute Gasteiger partial charge is 0.494 e. The molecule has 6 heteroatoms. The number of benzene rings is 3. The first-order valence-electron chi connectivity index (χ1n) is 12.6. The molecule has 0 aliphatic rings. The molecule has 3 aromatic rings. The van der Waals surface area contributed by atoms with Crippen LogP contribution in [-0.4, -0.2) is 37.7 Å². The van der Waals surface area contributed by atoms with Crippen molar-refractivity contribution >= 4 is 17.5 Å². The van der Waals surface area contributed by atoms with Crippen molar-refractivity contribution in [2.75, 3.05) is 24.7 Å². The van der Waals surface area contributed by atoms with Crippen LogP contribution in [0.5, 0.6) is 11.5 Å². The van der Waals surface area contributed by atoms with Gasteiger partial charge in [0.1, 0.15) is 11.5 Å². The van der Waals surface area contributed by atoms with Gasteiger partial charge >= 0.3 is 0 Å². The van der Waals surface area contributed by atoms with Crippen LogP contribution in [0.15, 0.2) is 78.9 Å². The maximum Gasteiger partial charge on any atom is 0.258 e. The molecule has 0 heterocycles. The molecule has 0 unspecified atom stereocenters. The zero-order valence-electron chi connectivity index (χ0n) is 21.4. The van der Waals surface area contributed by atoms with Crippen molar-refractivity contribution in [2.45, 2.75) is 46.1 Å². The molecular weight excluding hydrogens is 452 g/mol.